The molecule has 2 amide bonds. The summed E-state index contributed by atoms with van der Waals surface area (Å²) in [4.78, 5) is 38.3. The van der Waals surface area contributed by atoms with E-state index in [9.17, 15) is 24.6 Å². The maximum absolute atomic E-state index is 13.2. The fourth-order valence-electron chi connectivity index (χ4n) is 3.81. The highest BCUT2D eigenvalue weighted by Gasteiger charge is 2.33. The van der Waals surface area contributed by atoms with Crippen molar-refractivity contribution < 1.29 is 33.9 Å². The van der Waals surface area contributed by atoms with E-state index in [-0.39, 0.29) is 17.9 Å². The minimum atomic E-state index is -1.01. The highest BCUT2D eigenvalue weighted by atomic mass is 16.5. The van der Waals surface area contributed by atoms with E-state index in [4.69, 9.17) is 4.74 Å². The first-order chi connectivity index (χ1) is 15.7. The van der Waals surface area contributed by atoms with Gasteiger partial charge in [-0.3, -0.25) is 9.59 Å². The number of carbonyl (C=O) groups is 3. The molecule has 2 aromatic carbocycles. The standard InChI is InChI=1S/C24H27N3O6/c1-5-27(3)21-15-7-9-20(29)17(12-15)16-10-14(6-8-19(16)28)11-18(24(32)33-4)26-22(30)13(2)25-23(21)31/h5-10,12-13,18,21H,11H2,1-4H3,(H3-,25,26,28,29,30,31)/p+1. The lowest BCUT2D eigenvalue weighted by Gasteiger charge is -2.23. The fraction of sp³-hybridized carbons (Fsp3) is 0.333. The van der Waals surface area contributed by atoms with E-state index in [1.54, 1.807) is 49.0 Å². The van der Waals surface area contributed by atoms with Crippen LogP contribution in [0.5, 0.6) is 11.5 Å². The summed E-state index contributed by atoms with van der Waals surface area (Å²) in [5.74, 6) is -1.79. The molecule has 0 spiro atoms. The average molecular weight is 455 g/mol. The Kier molecular flexibility index (Phi) is 7.01. The Morgan fingerprint density at radius 1 is 1.06 bits per heavy atom. The molecule has 0 saturated carbocycles. The molecule has 1 heterocycles. The van der Waals surface area contributed by atoms with Gasteiger partial charge in [-0.25, -0.2) is 9.37 Å². The van der Waals surface area contributed by atoms with Crippen molar-refractivity contribution in [2.24, 2.45) is 0 Å². The van der Waals surface area contributed by atoms with Gasteiger partial charge in [-0.05, 0) is 42.8 Å². The fourth-order valence-corrected chi connectivity index (χ4v) is 3.81. The van der Waals surface area contributed by atoms with Crippen molar-refractivity contribution >= 4 is 24.0 Å². The zero-order chi connectivity index (χ0) is 24.3. The summed E-state index contributed by atoms with van der Waals surface area (Å²) in [5, 5.41) is 26.4. The van der Waals surface area contributed by atoms with Gasteiger partial charge in [-0.15, -0.1) is 0 Å². The van der Waals surface area contributed by atoms with Crippen molar-refractivity contribution in [2.45, 2.75) is 38.4 Å². The molecular formula is C24H28N3O6+. The number of fused-ring (bicyclic) bond motifs is 5. The molecule has 1 aliphatic heterocycles. The molecule has 3 atom stereocenters. The number of aromatic hydroxyl groups is 2. The molecule has 9 nitrogen and oxygen atoms in total. The molecule has 9 heteroatoms. The number of rotatable bonds is 2. The Morgan fingerprint density at radius 3 is 2.33 bits per heavy atom. The molecule has 174 valence electrons. The van der Waals surface area contributed by atoms with E-state index in [1.807, 2.05) is 0 Å². The molecule has 4 bridgehead atoms. The van der Waals surface area contributed by atoms with E-state index in [0.29, 0.717) is 22.3 Å². The number of carbonyl (C=O) groups excluding carboxylic acids is 3. The highest BCUT2D eigenvalue weighted by molar-refractivity contribution is 5.92. The van der Waals surface area contributed by atoms with Crippen LogP contribution in [0.4, 0.5) is 0 Å². The first-order valence-corrected chi connectivity index (χ1v) is 10.5. The third kappa shape index (κ3) is 4.97. The first-order valence-electron chi connectivity index (χ1n) is 10.5. The van der Waals surface area contributed by atoms with Gasteiger partial charge in [0.1, 0.15) is 36.8 Å². The van der Waals surface area contributed by atoms with Gasteiger partial charge in [0.05, 0.1) is 7.11 Å². The Hall–Kier alpha value is -3.88. The lowest BCUT2D eigenvalue weighted by molar-refractivity contribution is -0.526. The van der Waals surface area contributed by atoms with E-state index in [0.717, 1.165) is 0 Å². The van der Waals surface area contributed by atoms with Crippen LogP contribution in [0.3, 0.4) is 0 Å². The summed E-state index contributed by atoms with van der Waals surface area (Å²) >= 11 is 0. The molecule has 0 radical (unpaired) electrons. The largest absolute Gasteiger partial charge is 0.507 e. The van der Waals surface area contributed by atoms with Crippen molar-refractivity contribution in [1.29, 1.82) is 0 Å². The molecule has 3 unspecified atom stereocenters. The van der Waals surface area contributed by atoms with Crippen LogP contribution in [0.2, 0.25) is 0 Å². The van der Waals surface area contributed by atoms with Crippen LogP contribution in [0.25, 0.3) is 11.1 Å². The lowest BCUT2D eigenvalue weighted by Crippen LogP contribution is -2.52. The third-order valence-corrected chi connectivity index (χ3v) is 5.74. The third-order valence-electron chi connectivity index (χ3n) is 5.74. The summed E-state index contributed by atoms with van der Waals surface area (Å²) in [6.45, 7) is 3.30. The summed E-state index contributed by atoms with van der Waals surface area (Å²) in [5.41, 5.74) is 1.85. The molecule has 0 aromatic heterocycles. The molecule has 0 saturated heterocycles. The number of hydrogen-bond donors (Lipinski definition) is 4. The quantitative estimate of drug-likeness (QED) is 0.307. The number of hydrogen-bond acceptors (Lipinski definition) is 6. The number of phenols is 2. The molecule has 2 aromatic rings. The predicted molar refractivity (Wildman–Crippen MR) is 121 cm³/mol. The number of esters is 1. The highest BCUT2D eigenvalue weighted by Crippen LogP contribution is 2.38. The number of amides is 2. The first kappa shape index (κ1) is 23.8. The smallest absolute Gasteiger partial charge is 0.328 e. The van der Waals surface area contributed by atoms with Crippen LogP contribution in [-0.4, -0.2) is 65.0 Å². The molecule has 0 fully saturated rings. The van der Waals surface area contributed by atoms with Crippen LogP contribution in [0, 0.1) is 0 Å². The Bertz CT molecular complexity index is 1130. The monoisotopic (exact) mass is 454 g/mol. The van der Waals surface area contributed by atoms with Crippen molar-refractivity contribution in [3.8, 4) is 22.6 Å². The zero-order valence-electron chi connectivity index (χ0n) is 19.0. The lowest BCUT2D eigenvalue weighted by atomic mass is 9.94. The summed E-state index contributed by atoms with van der Waals surface area (Å²) in [6, 6.07) is 6.68. The van der Waals surface area contributed by atoms with E-state index >= 15 is 0 Å². The number of likely N-dealkylation sites (N-methyl/N-ethyl adjacent to an activating group) is 1. The van der Waals surface area contributed by atoms with Gasteiger partial charge in [0, 0.05) is 30.0 Å². The van der Waals surface area contributed by atoms with Gasteiger partial charge in [0.15, 0.2) is 0 Å². The Morgan fingerprint density at radius 2 is 1.70 bits per heavy atom. The zero-order valence-corrected chi connectivity index (χ0v) is 19.0. The van der Waals surface area contributed by atoms with Gasteiger partial charge in [-0.2, -0.15) is 0 Å². The number of benzene rings is 2. The minimum Gasteiger partial charge on any atom is -0.507 e. The summed E-state index contributed by atoms with van der Waals surface area (Å²) in [7, 11) is 2.94. The maximum Gasteiger partial charge on any atom is 0.328 e. The topological polar surface area (TPSA) is 128 Å². The SMILES string of the molecule is CC=[N+](C)C1C(=O)NC(C)C(=O)NC(C(=O)OC)Cc2ccc(O)c(c2)-c2cc1ccc2O. The average Bonchev–Trinajstić information content (AvgIpc) is 2.79. The van der Waals surface area contributed by atoms with E-state index < -0.39 is 35.9 Å². The molecular weight excluding hydrogens is 426 g/mol. The van der Waals surface area contributed by atoms with E-state index in [2.05, 4.69) is 10.6 Å². The van der Waals surface area contributed by atoms with Crippen molar-refractivity contribution in [3.05, 3.63) is 47.5 Å². The second kappa shape index (κ2) is 9.72. The molecule has 4 N–H and O–H groups in total. The van der Waals surface area contributed by atoms with Gasteiger partial charge in [0.25, 0.3) is 11.9 Å². The minimum absolute atomic E-state index is 0.0771. The van der Waals surface area contributed by atoms with Crippen LogP contribution >= 0.6 is 0 Å². The molecule has 1 aliphatic rings. The van der Waals surface area contributed by atoms with Crippen LogP contribution < -0.4 is 10.6 Å². The second-order valence-corrected chi connectivity index (χ2v) is 7.97. The predicted octanol–water partition coefficient (Wildman–Crippen LogP) is 1.26. The Labute approximate surface area is 191 Å². The second-order valence-electron chi connectivity index (χ2n) is 7.97. The summed E-state index contributed by atoms with van der Waals surface area (Å²) in [6.07, 6.45) is 1.80. The molecule has 33 heavy (non-hydrogen) atoms. The van der Waals surface area contributed by atoms with Crippen LogP contribution in [-0.2, 0) is 25.5 Å². The molecule has 3 rings (SSSR count). The number of nitrogens with zero attached hydrogens (tertiary/aromatic N) is 1. The maximum atomic E-state index is 13.2. The van der Waals surface area contributed by atoms with Crippen molar-refractivity contribution in [2.75, 3.05) is 14.2 Å². The molecule has 0 aliphatic carbocycles. The number of methoxy groups -OCH3 is 1. The number of ether oxygens (including phenoxy) is 1. The van der Waals surface area contributed by atoms with Crippen molar-refractivity contribution in [1.82, 2.24) is 10.6 Å². The van der Waals surface area contributed by atoms with Crippen molar-refractivity contribution in [3.63, 3.8) is 0 Å². The van der Waals surface area contributed by atoms with E-state index in [1.165, 1.54) is 26.2 Å². The number of nitrogens with one attached hydrogen (secondary N) is 2. The van der Waals surface area contributed by atoms with Gasteiger partial charge in [0.2, 0.25) is 5.91 Å². The summed E-state index contributed by atoms with van der Waals surface area (Å²) < 4.78 is 6.51. The normalized spacial score (nSPS) is 21.5. The van der Waals surface area contributed by atoms with Gasteiger partial charge < -0.3 is 25.6 Å². The van der Waals surface area contributed by atoms with Crippen LogP contribution in [0.15, 0.2) is 36.4 Å². The Balaban J connectivity index is 2.24. The van der Waals surface area contributed by atoms with Crippen LogP contribution in [0.1, 0.15) is 31.0 Å². The van der Waals surface area contributed by atoms with Gasteiger partial charge >= 0.3 is 5.97 Å². The number of phenolic OH excluding ortho intramolecular Hbond substituents is 2. The van der Waals surface area contributed by atoms with Gasteiger partial charge in [-0.1, -0.05) is 6.07 Å².